The number of benzene rings is 3. The largest absolute Gasteiger partial charge is 0.444 e. The highest BCUT2D eigenvalue weighted by molar-refractivity contribution is 7.13. The van der Waals surface area contributed by atoms with Crippen molar-refractivity contribution >= 4 is 69.3 Å². The van der Waals surface area contributed by atoms with Crippen molar-refractivity contribution in [1.29, 1.82) is 0 Å². The zero-order chi connectivity index (χ0) is 70.6. The lowest BCUT2D eigenvalue weighted by molar-refractivity contribution is -0.139. The van der Waals surface area contributed by atoms with Crippen LogP contribution in [0.1, 0.15) is 171 Å². The number of carbonyl (C=O) groups is 6. The molecule has 10 atom stereocenters. The zero-order valence-corrected chi connectivity index (χ0v) is 59.7. The molecule has 0 spiro atoms. The molecule has 12 rings (SSSR count). The number of oxazole rings is 1. The number of β-amino-alcohol motifs (C(OH)–C–C–N with tert-alkyl or cyclic N) is 3. The molecule has 3 amide bonds. The summed E-state index contributed by atoms with van der Waals surface area (Å²) in [5.41, 5.74) is 13.5. The third-order valence-electron chi connectivity index (χ3n) is 18.7. The molecule has 0 aliphatic carbocycles. The second kappa shape index (κ2) is 33.5. The molecule has 3 fully saturated rings. The number of hydrogen-bond acceptors (Lipinski definition) is 22. The molecule has 6 aromatic heterocycles. The topological polar surface area (TPSA) is 302 Å². The number of hydrogen-bond donors (Lipinski definition) is 3. The molecule has 0 unspecified atom stereocenters. The molecule has 3 aromatic carbocycles. The van der Waals surface area contributed by atoms with Crippen LogP contribution >= 0.6 is 34.2 Å². The van der Waals surface area contributed by atoms with Crippen molar-refractivity contribution in [3.8, 4) is 32.2 Å². The van der Waals surface area contributed by atoms with Crippen LogP contribution in [0.15, 0.2) is 122 Å². The normalized spacial score (nSPS) is 19.4. The van der Waals surface area contributed by atoms with Crippen LogP contribution in [0.3, 0.4) is 0 Å². The van der Waals surface area contributed by atoms with Gasteiger partial charge in [0.15, 0.2) is 35.3 Å². The number of rotatable bonds is 24. The molecule has 25 heteroatoms. The standard InChI is InChI=1S/C25H29N3O5.C25H29N3O3S2.C24H28N4O4S/c1-4-20(23-10-16(3)27-33-23)25(31)28-13-19(29)11-21(28)22(30)9-15(2)17-5-7-18(8-6-17)24-12-26-14-32-24;1-4-20(21-11-15(2)33-27-21)25(31)28-13-19(29)12-22(28)23(30)10-7-17-5-8-18(9-6-17)24-16(3)26-14-32-24;1-4-19(23-26-15(3)27-32-23)24(31)28-12-18(29)11-20(28)21(30)10-7-16-5-8-17(9-6-16)22-14(2)25-13-33-22/h5-8,10,12,14-15,19-21,29H,4,9,11,13H2,1-3H3;5-6,8-9,11,14,19-20,22,29H,4,7,10,12-13H2,1-3H3;5-6,8-9,13,18-20,29H,4,7,10-12H2,1-3H3/t15-,19-,20-,21+;19-,20-,22+;18-,19-,20+/m111/s1. The number of ketones is 3. The third kappa shape index (κ3) is 17.9. The summed E-state index contributed by atoms with van der Waals surface area (Å²) < 4.78 is 20.3. The molecule has 22 nitrogen and oxygen atoms in total. The number of likely N-dealkylation sites (tertiary alicyclic amines) is 3. The highest BCUT2D eigenvalue weighted by Crippen LogP contribution is 2.35. The molecule has 3 aliphatic rings. The zero-order valence-electron chi connectivity index (χ0n) is 57.3. The molecule has 522 valence electrons. The maximum atomic E-state index is 13.3. The summed E-state index contributed by atoms with van der Waals surface area (Å²) in [7, 11) is 0. The van der Waals surface area contributed by atoms with E-state index in [1.807, 2.05) is 126 Å². The molecular weight excluding hydrogens is 1320 g/mol. The first-order valence-corrected chi connectivity index (χ1v) is 36.3. The lowest BCUT2D eigenvalue weighted by Gasteiger charge is -2.27. The van der Waals surface area contributed by atoms with E-state index in [0.29, 0.717) is 74.4 Å². The Labute approximate surface area is 588 Å². The Kier molecular flexibility index (Phi) is 24.8. The molecule has 0 saturated carbocycles. The molecule has 9 aromatic rings. The van der Waals surface area contributed by atoms with Gasteiger partial charge in [-0.2, -0.15) is 9.36 Å². The van der Waals surface area contributed by atoms with Crippen molar-refractivity contribution in [3.05, 3.63) is 170 Å². The third-order valence-corrected chi connectivity index (χ3v) is 21.4. The smallest absolute Gasteiger partial charge is 0.239 e. The number of thiazole rings is 2. The Morgan fingerprint density at radius 1 is 0.586 bits per heavy atom. The van der Waals surface area contributed by atoms with Gasteiger partial charge in [-0.3, -0.25) is 28.8 Å². The summed E-state index contributed by atoms with van der Waals surface area (Å²) in [6, 6.07) is 26.1. The average Bonchev–Trinajstić information content (AvgIpc) is 1.69. The van der Waals surface area contributed by atoms with Crippen molar-refractivity contribution in [2.45, 2.75) is 193 Å². The van der Waals surface area contributed by atoms with Gasteiger partial charge >= 0.3 is 0 Å². The molecule has 3 saturated heterocycles. The minimum absolute atomic E-state index is 0.00610. The van der Waals surface area contributed by atoms with Gasteiger partial charge in [0.2, 0.25) is 23.6 Å². The van der Waals surface area contributed by atoms with Gasteiger partial charge in [-0.05, 0) is 118 Å². The lowest BCUT2D eigenvalue weighted by atomic mass is 9.91. The minimum atomic E-state index is -0.716. The summed E-state index contributed by atoms with van der Waals surface area (Å²) in [6.45, 7) is 17.7. The summed E-state index contributed by atoms with van der Waals surface area (Å²) in [6.07, 6.45) is 5.48. The van der Waals surface area contributed by atoms with E-state index in [9.17, 15) is 44.1 Å². The molecule has 99 heavy (non-hydrogen) atoms. The van der Waals surface area contributed by atoms with Crippen molar-refractivity contribution in [1.82, 2.24) is 49.3 Å². The number of nitrogens with zero attached hydrogens (tertiary/aromatic N) is 10. The fraction of sp³-hybridized carbons (Fsp3) is 0.446. The van der Waals surface area contributed by atoms with Crippen molar-refractivity contribution < 1.29 is 57.6 Å². The van der Waals surface area contributed by atoms with Gasteiger partial charge in [0.05, 0.1) is 98.0 Å². The van der Waals surface area contributed by atoms with Crippen LogP contribution < -0.4 is 0 Å². The van der Waals surface area contributed by atoms with E-state index in [4.69, 9.17) is 13.5 Å². The van der Waals surface area contributed by atoms with Gasteiger partial charge in [-0.1, -0.05) is 111 Å². The SMILES string of the molecule is CC[C@@H](C(=O)N1C[C@H](O)C[C@H]1C(=O)CCc1ccc(-c2scnc2C)cc1)c1cc(C)sn1.CC[C@@H](C(=O)N1C[C@H](O)C[C@H]1C(=O)CCc1ccc(-c2scnc2C)cc1)c1nc(C)no1.CC[C@@H](C(=O)N1C[C@H](O)C[C@H]1C(=O)C[C@@H](C)c1ccc(-c2cnco2)cc1)c1cc(C)no1. The van der Waals surface area contributed by atoms with Crippen LogP contribution in [-0.4, -0.2) is 156 Å². The van der Waals surface area contributed by atoms with E-state index in [2.05, 4.69) is 46.8 Å². The monoisotopic (exact) mass is 1400 g/mol. The predicted molar refractivity (Wildman–Crippen MR) is 376 cm³/mol. The Balaban J connectivity index is 0.000000161. The second-order valence-corrected chi connectivity index (χ2v) is 28.6. The summed E-state index contributed by atoms with van der Waals surface area (Å²) in [5.74, 6) is -0.295. The van der Waals surface area contributed by atoms with Gasteiger partial charge in [0.1, 0.15) is 11.7 Å². The van der Waals surface area contributed by atoms with E-state index in [1.165, 1.54) is 27.7 Å². The molecule has 0 bridgehead atoms. The van der Waals surface area contributed by atoms with Crippen LogP contribution in [0.25, 0.3) is 32.2 Å². The van der Waals surface area contributed by atoms with E-state index < -0.39 is 48.3 Å². The molecule has 9 heterocycles. The summed E-state index contributed by atoms with van der Waals surface area (Å²) in [4.78, 5) is 104. The Morgan fingerprint density at radius 3 is 1.48 bits per heavy atom. The van der Waals surface area contributed by atoms with Gasteiger partial charge in [-0.25, -0.2) is 15.0 Å². The van der Waals surface area contributed by atoms with E-state index in [0.717, 1.165) is 65.1 Å². The Bertz CT molecular complexity index is 4000. The van der Waals surface area contributed by atoms with Crippen molar-refractivity contribution in [2.75, 3.05) is 19.6 Å². The number of aromatic nitrogens is 7. The van der Waals surface area contributed by atoms with Crippen LogP contribution in [-0.2, 0) is 41.6 Å². The van der Waals surface area contributed by atoms with Crippen molar-refractivity contribution in [3.63, 3.8) is 0 Å². The minimum Gasteiger partial charge on any atom is -0.444 e. The first kappa shape index (κ1) is 73.1. The van der Waals surface area contributed by atoms with Crippen LogP contribution in [0.2, 0.25) is 0 Å². The van der Waals surface area contributed by atoms with Crippen LogP contribution in [0, 0.1) is 34.6 Å². The van der Waals surface area contributed by atoms with E-state index >= 15 is 0 Å². The molecular formula is C74H86N10O12S3. The second-order valence-electron chi connectivity index (χ2n) is 25.9. The molecule has 3 aliphatic heterocycles. The fourth-order valence-electron chi connectivity index (χ4n) is 13.3. The highest BCUT2D eigenvalue weighted by atomic mass is 32.1. The lowest BCUT2D eigenvalue weighted by Crippen LogP contribution is -2.43. The quantitative estimate of drug-likeness (QED) is 0.0506. The first-order valence-electron chi connectivity index (χ1n) is 33.8. The Hall–Kier alpha value is -8.59. The number of aliphatic hydroxyl groups excluding tert-OH is 3. The van der Waals surface area contributed by atoms with Crippen molar-refractivity contribution in [2.24, 2.45) is 0 Å². The fourth-order valence-corrected chi connectivity index (χ4v) is 15.5. The van der Waals surface area contributed by atoms with Gasteiger partial charge in [0.25, 0.3) is 0 Å². The number of aryl methyl sites for hydroxylation is 7. The summed E-state index contributed by atoms with van der Waals surface area (Å²) in [5, 5.41) is 38.4. The predicted octanol–water partition coefficient (Wildman–Crippen LogP) is 11.9. The number of aliphatic hydroxyl groups is 3. The van der Waals surface area contributed by atoms with Gasteiger partial charge in [0, 0.05) is 74.7 Å². The molecule has 3 N–H and O–H groups in total. The van der Waals surface area contributed by atoms with Gasteiger partial charge < -0.3 is 43.5 Å². The Morgan fingerprint density at radius 2 is 1.07 bits per heavy atom. The number of amides is 3. The maximum absolute atomic E-state index is 13.3. The van der Waals surface area contributed by atoms with E-state index in [1.54, 1.807) is 53.7 Å². The number of Topliss-reactive ketones (excluding diaryl/α,β-unsaturated/α-hetero) is 3. The highest BCUT2D eigenvalue weighted by Gasteiger charge is 2.45. The molecule has 0 radical (unpaired) electrons. The van der Waals surface area contributed by atoms with Gasteiger partial charge in [-0.15, -0.1) is 22.7 Å². The van der Waals surface area contributed by atoms with Crippen LogP contribution in [0.4, 0.5) is 0 Å². The summed E-state index contributed by atoms with van der Waals surface area (Å²) >= 11 is 4.61. The first-order chi connectivity index (χ1) is 47.6. The number of carbonyl (C=O) groups excluding carboxylic acids is 6. The average molecular weight is 1400 g/mol. The van der Waals surface area contributed by atoms with E-state index in [-0.39, 0.29) is 91.7 Å². The van der Waals surface area contributed by atoms with Crippen LogP contribution in [0.5, 0.6) is 0 Å². The maximum Gasteiger partial charge on any atom is 0.239 e.